The first-order valence-electron chi connectivity index (χ1n) is 12.1. The highest BCUT2D eigenvalue weighted by atomic mass is 32.1. The van der Waals surface area contributed by atoms with E-state index in [-0.39, 0.29) is 12.4 Å². The molecule has 0 amide bonds. The minimum absolute atomic E-state index is 0.192. The molecule has 1 unspecified atom stereocenters. The predicted molar refractivity (Wildman–Crippen MR) is 140 cm³/mol. The van der Waals surface area contributed by atoms with Gasteiger partial charge in [-0.2, -0.15) is 0 Å². The highest BCUT2D eigenvalue weighted by Crippen LogP contribution is 2.33. The maximum Gasteiger partial charge on any atom is 0.186 e. The zero-order valence-electron chi connectivity index (χ0n) is 19.6. The topological polar surface area (TPSA) is 48.8 Å². The van der Waals surface area contributed by atoms with Crippen LogP contribution < -0.4 is 9.64 Å². The van der Waals surface area contributed by atoms with Crippen molar-refractivity contribution in [3.8, 4) is 5.75 Å². The Hall–Kier alpha value is -3.00. The van der Waals surface area contributed by atoms with Crippen molar-refractivity contribution in [3.63, 3.8) is 0 Å². The second kappa shape index (κ2) is 11.2. The smallest absolute Gasteiger partial charge is 0.186 e. The molecule has 3 aromatic carbocycles. The lowest BCUT2D eigenvalue weighted by Crippen LogP contribution is -2.47. The molecule has 1 fully saturated rings. The van der Waals surface area contributed by atoms with Gasteiger partial charge in [-0.25, -0.2) is 9.37 Å². The van der Waals surface area contributed by atoms with Crippen LogP contribution in [0.1, 0.15) is 18.4 Å². The van der Waals surface area contributed by atoms with E-state index in [9.17, 15) is 9.50 Å². The van der Waals surface area contributed by atoms with Gasteiger partial charge in [0.15, 0.2) is 5.13 Å². The molecule has 1 saturated heterocycles. The summed E-state index contributed by atoms with van der Waals surface area (Å²) in [5.74, 6) is 0.268. The number of thiazole rings is 1. The first-order chi connectivity index (χ1) is 17.1. The third-order valence-corrected chi connectivity index (χ3v) is 7.52. The molecule has 1 aliphatic heterocycles. The maximum absolute atomic E-state index is 13.0. The van der Waals surface area contributed by atoms with Crippen molar-refractivity contribution in [2.45, 2.75) is 31.5 Å². The quantitative estimate of drug-likeness (QED) is 0.342. The molecule has 4 aromatic rings. The van der Waals surface area contributed by atoms with Gasteiger partial charge in [0.1, 0.15) is 24.3 Å². The number of hydrogen-bond donors (Lipinski definition) is 1. The summed E-state index contributed by atoms with van der Waals surface area (Å²) in [6.45, 7) is 3.41. The number of halogens is 1. The van der Waals surface area contributed by atoms with Crippen LogP contribution >= 0.6 is 11.3 Å². The van der Waals surface area contributed by atoms with Crippen LogP contribution in [0.4, 0.5) is 9.52 Å². The first kappa shape index (κ1) is 23.7. The maximum atomic E-state index is 13.0. The van der Waals surface area contributed by atoms with E-state index < -0.39 is 6.10 Å². The molecular formula is C28H30FN3O2S. The molecule has 1 N–H and O–H groups in total. The van der Waals surface area contributed by atoms with Gasteiger partial charge in [0, 0.05) is 32.2 Å². The number of rotatable bonds is 9. The summed E-state index contributed by atoms with van der Waals surface area (Å²) in [7, 11) is 0. The Morgan fingerprint density at radius 1 is 1.00 bits per heavy atom. The average molecular weight is 492 g/mol. The van der Waals surface area contributed by atoms with Crippen LogP contribution in [-0.2, 0) is 6.54 Å². The van der Waals surface area contributed by atoms with Crippen molar-refractivity contribution >= 4 is 26.7 Å². The van der Waals surface area contributed by atoms with E-state index >= 15 is 0 Å². The Kier molecular flexibility index (Phi) is 7.57. The lowest BCUT2D eigenvalue weighted by molar-refractivity contribution is 0.0592. The fourth-order valence-electron chi connectivity index (χ4n) is 4.60. The summed E-state index contributed by atoms with van der Waals surface area (Å²) in [5, 5.41) is 11.6. The van der Waals surface area contributed by atoms with E-state index in [1.165, 1.54) is 22.4 Å². The van der Waals surface area contributed by atoms with Crippen LogP contribution in [0.2, 0.25) is 0 Å². The normalized spacial score (nSPS) is 15.8. The molecule has 0 saturated carbocycles. The molecule has 1 aromatic heterocycles. The molecule has 182 valence electrons. The lowest BCUT2D eigenvalue weighted by Gasteiger charge is -2.39. The molecule has 0 bridgehead atoms. The van der Waals surface area contributed by atoms with E-state index in [0.29, 0.717) is 18.3 Å². The van der Waals surface area contributed by atoms with Gasteiger partial charge in [-0.05, 0) is 54.8 Å². The number of aromatic nitrogens is 1. The van der Waals surface area contributed by atoms with Crippen molar-refractivity contribution in [2.24, 2.45) is 0 Å². The van der Waals surface area contributed by atoms with Crippen LogP contribution in [0.3, 0.4) is 0 Å². The average Bonchev–Trinajstić information content (AvgIpc) is 3.32. The van der Waals surface area contributed by atoms with Crippen molar-refractivity contribution in [1.29, 1.82) is 0 Å². The summed E-state index contributed by atoms with van der Waals surface area (Å²) in [5.41, 5.74) is 2.33. The third-order valence-electron chi connectivity index (χ3n) is 6.45. The number of aliphatic hydroxyl groups is 1. The number of likely N-dealkylation sites (tertiary alicyclic amines) is 1. The lowest BCUT2D eigenvalue weighted by atomic mass is 10.0. The van der Waals surface area contributed by atoms with E-state index in [1.54, 1.807) is 23.5 Å². The Bertz CT molecular complexity index is 1180. The van der Waals surface area contributed by atoms with E-state index in [4.69, 9.17) is 9.72 Å². The van der Waals surface area contributed by atoms with Crippen molar-refractivity contribution < 1.29 is 14.2 Å². The zero-order valence-corrected chi connectivity index (χ0v) is 20.4. The van der Waals surface area contributed by atoms with Gasteiger partial charge in [-0.1, -0.05) is 53.8 Å². The molecule has 0 radical (unpaired) electrons. The minimum atomic E-state index is -0.596. The number of ether oxygens (including phenoxy) is 1. The number of benzene rings is 3. The number of aliphatic hydroxyl groups excluding tert-OH is 1. The van der Waals surface area contributed by atoms with Gasteiger partial charge < -0.3 is 19.6 Å². The number of para-hydroxylation sites is 1. The molecule has 5 nitrogen and oxygen atoms in total. The number of piperidine rings is 1. The highest BCUT2D eigenvalue weighted by Gasteiger charge is 2.28. The molecule has 7 heteroatoms. The summed E-state index contributed by atoms with van der Waals surface area (Å²) in [6, 6.07) is 25.2. The van der Waals surface area contributed by atoms with Gasteiger partial charge in [0.05, 0.1) is 10.2 Å². The molecule has 5 rings (SSSR count). The number of β-amino-alcohol motifs (C(OH)–C–C–N with tert-alkyl or cyclic N) is 1. The minimum Gasteiger partial charge on any atom is -0.491 e. The number of nitrogens with zero attached hydrogens (tertiary/aromatic N) is 3. The first-order valence-corrected chi connectivity index (χ1v) is 12.9. The molecule has 0 spiro atoms. The molecule has 2 heterocycles. The highest BCUT2D eigenvalue weighted by molar-refractivity contribution is 7.22. The number of fused-ring (bicyclic) bond motifs is 1. The van der Waals surface area contributed by atoms with E-state index in [1.807, 2.05) is 6.07 Å². The summed E-state index contributed by atoms with van der Waals surface area (Å²) >= 11 is 1.76. The fourth-order valence-corrected chi connectivity index (χ4v) is 5.64. The zero-order chi connectivity index (χ0) is 24.0. The SMILES string of the molecule is OC(COc1ccc(F)cc1)CN1CCC(N(Cc2ccccc2)c2nc3ccccc3s2)CC1. The van der Waals surface area contributed by atoms with Crippen LogP contribution in [0.25, 0.3) is 10.2 Å². The Labute approximate surface area is 209 Å². The van der Waals surface area contributed by atoms with E-state index in [0.717, 1.165) is 43.1 Å². The van der Waals surface area contributed by atoms with Gasteiger partial charge >= 0.3 is 0 Å². The summed E-state index contributed by atoms with van der Waals surface area (Å²) < 4.78 is 19.9. The van der Waals surface area contributed by atoms with Crippen molar-refractivity contribution in [3.05, 3.63) is 90.2 Å². The van der Waals surface area contributed by atoms with Crippen molar-refractivity contribution in [1.82, 2.24) is 9.88 Å². The summed E-state index contributed by atoms with van der Waals surface area (Å²) in [6.07, 6.45) is 1.42. The Morgan fingerprint density at radius 3 is 2.46 bits per heavy atom. The van der Waals surface area contributed by atoms with Crippen LogP contribution in [0.5, 0.6) is 5.75 Å². The second-order valence-electron chi connectivity index (χ2n) is 9.03. The fraction of sp³-hybridized carbons (Fsp3) is 0.321. The summed E-state index contributed by atoms with van der Waals surface area (Å²) in [4.78, 5) is 9.72. The number of hydrogen-bond acceptors (Lipinski definition) is 6. The predicted octanol–water partition coefficient (Wildman–Crippen LogP) is 5.35. The Balaban J connectivity index is 1.20. The van der Waals surface area contributed by atoms with Gasteiger partial charge in [0.2, 0.25) is 0 Å². The molecule has 1 atom stereocenters. The Morgan fingerprint density at radius 2 is 1.71 bits per heavy atom. The monoisotopic (exact) mass is 491 g/mol. The number of anilines is 1. The van der Waals surface area contributed by atoms with Crippen LogP contribution in [-0.4, -0.2) is 53.4 Å². The van der Waals surface area contributed by atoms with Gasteiger partial charge in [-0.3, -0.25) is 0 Å². The van der Waals surface area contributed by atoms with Gasteiger partial charge in [0.25, 0.3) is 0 Å². The molecule has 0 aliphatic carbocycles. The standard InChI is InChI=1S/C28H30FN3O2S/c29-22-10-12-25(13-11-22)34-20-24(33)19-31-16-14-23(15-17-31)32(18-21-6-2-1-3-7-21)28-30-26-8-4-5-9-27(26)35-28/h1-13,23-24,33H,14-20H2. The third kappa shape index (κ3) is 6.17. The molecule has 1 aliphatic rings. The van der Waals surface area contributed by atoms with Crippen molar-refractivity contribution in [2.75, 3.05) is 31.1 Å². The van der Waals surface area contributed by atoms with Gasteiger partial charge in [-0.15, -0.1) is 0 Å². The molecule has 35 heavy (non-hydrogen) atoms. The largest absolute Gasteiger partial charge is 0.491 e. The van der Waals surface area contributed by atoms with E-state index in [2.05, 4.69) is 58.3 Å². The molecular weight excluding hydrogens is 461 g/mol. The second-order valence-corrected chi connectivity index (χ2v) is 10.0. The van der Waals surface area contributed by atoms with Crippen LogP contribution in [0, 0.1) is 5.82 Å². The van der Waals surface area contributed by atoms with Crippen LogP contribution in [0.15, 0.2) is 78.9 Å².